The van der Waals surface area contributed by atoms with Crippen LogP contribution in [0.3, 0.4) is 0 Å². The van der Waals surface area contributed by atoms with Gasteiger partial charge in [-0.05, 0) is 35.7 Å². The normalized spacial score (nSPS) is 27.5. The highest BCUT2D eigenvalue weighted by atomic mass is 16.7. The third kappa shape index (κ3) is 4.22. The van der Waals surface area contributed by atoms with Crippen LogP contribution < -0.4 is 5.73 Å². The lowest BCUT2D eigenvalue weighted by Gasteiger charge is -2.43. The van der Waals surface area contributed by atoms with Crippen molar-refractivity contribution < 1.29 is 18.9 Å². The van der Waals surface area contributed by atoms with Gasteiger partial charge in [0.1, 0.15) is 35.7 Å². The Labute approximate surface area is 249 Å². The van der Waals surface area contributed by atoms with Gasteiger partial charge in [0, 0.05) is 0 Å². The van der Waals surface area contributed by atoms with Crippen LogP contribution in [0.2, 0.25) is 0 Å². The van der Waals surface area contributed by atoms with Crippen LogP contribution in [0.5, 0.6) is 0 Å². The molecule has 1 aliphatic carbocycles. The Morgan fingerprint density at radius 1 is 0.837 bits per heavy atom. The number of fused-ring (bicyclic) bond motifs is 2. The molecule has 2 aromatic heterocycles. The molecule has 5 aromatic rings. The monoisotopic (exact) mass is 573 g/mol. The molecular weight excluding hydrogens is 542 g/mol. The Balaban J connectivity index is 1.34. The van der Waals surface area contributed by atoms with Crippen molar-refractivity contribution in [2.24, 2.45) is 0 Å². The minimum absolute atomic E-state index is 0.221. The van der Waals surface area contributed by atoms with Gasteiger partial charge in [-0.25, -0.2) is 9.50 Å². The van der Waals surface area contributed by atoms with E-state index in [0.717, 1.165) is 16.7 Å². The van der Waals surface area contributed by atoms with Crippen molar-refractivity contribution in [3.63, 3.8) is 0 Å². The van der Waals surface area contributed by atoms with E-state index < -0.39 is 29.0 Å². The number of nitrogen functional groups attached to an aromatic ring is 1. The zero-order valence-corrected chi connectivity index (χ0v) is 23.7. The fraction of sp³-hybridized carbons (Fsp3) is 0.265. The first-order valence-electron chi connectivity index (χ1n) is 14.2. The number of nitriles is 1. The average molecular weight is 574 g/mol. The molecule has 1 saturated carbocycles. The van der Waals surface area contributed by atoms with Gasteiger partial charge in [-0.15, -0.1) is 0 Å². The number of anilines is 1. The molecule has 1 aliphatic heterocycles. The summed E-state index contributed by atoms with van der Waals surface area (Å²) in [7, 11) is 0. The second-order valence-electron chi connectivity index (χ2n) is 11.1. The smallest absolute Gasteiger partial charge is 0.228 e. The van der Waals surface area contributed by atoms with E-state index in [1.807, 2.05) is 97.9 Å². The first-order valence-corrected chi connectivity index (χ1v) is 14.2. The van der Waals surface area contributed by atoms with Crippen LogP contribution in [0.1, 0.15) is 29.3 Å². The van der Waals surface area contributed by atoms with Crippen LogP contribution in [-0.4, -0.2) is 38.0 Å². The summed E-state index contributed by atoms with van der Waals surface area (Å²) in [5.74, 6) is 0.295. The number of nitrogens with zero attached hydrogens (tertiary/aromatic N) is 4. The number of nitrogens with two attached hydrogens (primary N) is 1. The van der Waals surface area contributed by atoms with Crippen molar-refractivity contribution in [3.05, 3.63) is 132 Å². The molecule has 0 bridgehead atoms. The molecule has 5 atom stereocenters. The lowest BCUT2D eigenvalue weighted by atomic mass is 9.77. The zero-order valence-electron chi connectivity index (χ0n) is 23.7. The second-order valence-corrected chi connectivity index (χ2v) is 11.1. The minimum atomic E-state index is -1.62. The van der Waals surface area contributed by atoms with Gasteiger partial charge in [-0.2, -0.15) is 10.4 Å². The average Bonchev–Trinajstić information content (AvgIpc) is 3.32. The van der Waals surface area contributed by atoms with Gasteiger partial charge in [-0.3, -0.25) is 0 Å². The molecule has 2 aliphatic rings. The molecule has 2 fully saturated rings. The lowest BCUT2D eigenvalue weighted by molar-refractivity contribution is -0.224. The van der Waals surface area contributed by atoms with E-state index in [1.165, 1.54) is 6.33 Å². The fourth-order valence-corrected chi connectivity index (χ4v) is 6.36. The SMILES string of the molecule is C[C@]1(OCc2ccccc2)[C@](C#N)(c2ccc3c(N)ncnn23)O[C@@H]2C(OCc3ccccc3)[C@@]21OCc1ccccc1. The molecule has 1 unspecified atom stereocenters. The Hall–Kier alpha value is -4.59. The maximum atomic E-state index is 11.0. The molecule has 0 spiro atoms. The van der Waals surface area contributed by atoms with Crippen LogP contribution >= 0.6 is 0 Å². The molecule has 3 aromatic carbocycles. The third-order valence-corrected chi connectivity index (χ3v) is 8.70. The Bertz CT molecular complexity index is 1780. The summed E-state index contributed by atoms with van der Waals surface area (Å²) in [6.45, 7) is 2.74. The Kier molecular flexibility index (Phi) is 6.72. The summed E-state index contributed by atoms with van der Waals surface area (Å²) in [5.41, 5.74) is 6.09. The lowest BCUT2D eigenvalue weighted by Crippen LogP contribution is -2.60. The number of rotatable bonds is 10. The van der Waals surface area contributed by atoms with Crippen LogP contribution in [0.4, 0.5) is 5.82 Å². The maximum absolute atomic E-state index is 11.0. The molecule has 216 valence electrons. The molecule has 7 rings (SSSR count). The quantitative estimate of drug-likeness (QED) is 0.249. The summed E-state index contributed by atoms with van der Waals surface area (Å²) < 4.78 is 28.6. The van der Waals surface area contributed by atoms with Crippen molar-refractivity contribution in [2.45, 2.75) is 55.8 Å². The van der Waals surface area contributed by atoms with E-state index >= 15 is 0 Å². The molecule has 0 radical (unpaired) electrons. The van der Waals surface area contributed by atoms with Crippen molar-refractivity contribution in [1.82, 2.24) is 14.6 Å². The van der Waals surface area contributed by atoms with E-state index in [0.29, 0.717) is 23.6 Å². The zero-order chi connectivity index (χ0) is 29.5. The number of aromatic nitrogens is 3. The Morgan fingerprint density at radius 2 is 1.42 bits per heavy atom. The minimum Gasteiger partial charge on any atom is -0.382 e. The number of hydrogen-bond donors (Lipinski definition) is 1. The number of benzene rings is 3. The highest BCUT2D eigenvalue weighted by Crippen LogP contribution is 2.68. The molecule has 9 nitrogen and oxygen atoms in total. The first kappa shape index (κ1) is 27.3. The highest BCUT2D eigenvalue weighted by Gasteiger charge is 2.90. The topological polar surface area (TPSA) is 117 Å². The van der Waals surface area contributed by atoms with Crippen molar-refractivity contribution in [2.75, 3.05) is 5.73 Å². The fourth-order valence-electron chi connectivity index (χ4n) is 6.36. The van der Waals surface area contributed by atoms with E-state index in [2.05, 4.69) is 16.2 Å². The molecule has 0 amide bonds. The van der Waals surface area contributed by atoms with Crippen LogP contribution in [0.15, 0.2) is 109 Å². The van der Waals surface area contributed by atoms with Gasteiger partial charge in [0.25, 0.3) is 0 Å². The van der Waals surface area contributed by atoms with E-state index in [-0.39, 0.29) is 13.2 Å². The molecule has 9 heteroatoms. The highest BCUT2D eigenvalue weighted by molar-refractivity contribution is 5.66. The van der Waals surface area contributed by atoms with Crippen molar-refractivity contribution in [1.29, 1.82) is 5.26 Å². The van der Waals surface area contributed by atoms with Gasteiger partial charge in [0.05, 0.1) is 25.5 Å². The number of hydrogen-bond acceptors (Lipinski definition) is 8. The van der Waals surface area contributed by atoms with E-state index in [1.54, 1.807) is 16.6 Å². The van der Waals surface area contributed by atoms with Gasteiger partial charge >= 0.3 is 0 Å². The summed E-state index contributed by atoms with van der Waals surface area (Å²) in [6.07, 6.45) is 0.275. The standard InChI is InChI=1S/C34H31N5O4/c1-32(41-20-25-13-7-3-8-14-25)33(22-35,28-18-17-27-31(36)37-23-38-39(27)28)43-30-29(40-19-24-11-5-2-6-12-24)34(30,32)42-21-26-15-9-4-10-16-26/h2-18,23,29-30H,19-21H2,1H3,(H2,36,37,38)/t29?,30-,32+,33+,34-/m1/s1. The largest absolute Gasteiger partial charge is 0.382 e. The van der Waals surface area contributed by atoms with Gasteiger partial charge in [-0.1, -0.05) is 91.0 Å². The molecule has 2 N–H and O–H groups in total. The molecule has 1 saturated heterocycles. The first-order chi connectivity index (χ1) is 21.0. The number of ether oxygens (including phenoxy) is 4. The van der Waals surface area contributed by atoms with E-state index in [4.69, 9.17) is 24.7 Å². The molecular formula is C34H31N5O4. The third-order valence-electron chi connectivity index (χ3n) is 8.70. The summed E-state index contributed by atoms with van der Waals surface area (Å²) in [6, 6.07) is 35.8. The second kappa shape index (κ2) is 10.6. The van der Waals surface area contributed by atoms with Crippen molar-refractivity contribution >= 4 is 11.3 Å². The van der Waals surface area contributed by atoms with Crippen molar-refractivity contribution in [3.8, 4) is 6.07 Å². The maximum Gasteiger partial charge on any atom is 0.228 e. The van der Waals surface area contributed by atoms with Gasteiger partial charge in [0.2, 0.25) is 5.60 Å². The van der Waals surface area contributed by atoms with Gasteiger partial charge in [0.15, 0.2) is 11.4 Å². The Morgan fingerprint density at radius 3 is 2.02 bits per heavy atom. The predicted molar refractivity (Wildman–Crippen MR) is 158 cm³/mol. The summed E-state index contributed by atoms with van der Waals surface area (Å²) >= 11 is 0. The molecule has 43 heavy (non-hydrogen) atoms. The van der Waals surface area contributed by atoms with E-state index in [9.17, 15) is 5.26 Å². The summed E-state index contributed by atoms with van der Waals surface area (Å²) in [5, 5.41) is 15.5. The van der Waals surface area contributed by atoms with Gasteiger partial charge < -0.3 is 24.7 Å². The van der Waals surface area contributed by atoms with Crippen LogP contribution in [-0.2, 0) is 44.4 Å². The predicted octanol–water partition coefficient (Wildman–Crippen LogP) is 4.96. The van der Waals surface area contributed by atoms with Crippen LogP contribution in [0, 0.1) is 11.3 Å². The van der Waals surface area contributed by atoms with Crippen LogP contribution in [0.25, 0.3) is 5.52 Å². The summed E-state index contributed by atoms with van der Waals surface area (Å²) in [4.78, 5) is 4.12. The molecule has 3 heterocycles.